The van der Waals surface area contributed by atoms with Crippen LogP contribution >= 0.6 is 34.3 Å². The molecule has 2 aromatic heterocycles. The number of fused-ring (bicyclic) bond motifs is 2. The lowest BCUT2D eigenvalue weighted by atomic mass is 9.95. The molecule has 0 aliphatic heterocycles. The second-order valence-electron chi connectivity index (χ2n) is 8.42. The van der Waals surface area contributed by atoms with Gasteiger partial charge in [0, 0.05) is 9.90 Å². The van der Waals surface area contributed by atoms with Crippen LogP contribution in [0.5, 0.6) is 0 Å². The summed E-state index contributed by atoms with van der Waals surface area (Å²) >= 11 is 8.54. The molecule has 1 aliphatic rings. The summed E-state index contributed by atoms with van der Waals surface area (Å²) in [6, 6.07) is 11.9. The molecule has 2 heterocycles. The molecular weight excluding hydrogens is 540 g/mol. The van der Waals surface area contributed by atoms with Crippen molar-refractivity contribution in [3.8, 4) is 0 Å². The topological polar surface area (TPSA) is 94.5 Å². The zero-order chi connectivity index (χ0) is 25.4. The average Bonchev–Trinajstić information content (AvgIpc) is 3.36. The maximum Gasteiger partial charge on any atom is 0.341 e. The maximum absolute atomic E-state index is 13.4. The highest BCUT2D eigenvalue weighted by atomic mass is 35.5. The Kier molecular flexibility index (Phi) is 6.95. The van der Waals surface area contributed by atoms with Gasteiger partial charge in [0.15, 0.2) is 0 Å². The summed E-state index contributed by atoms with van der Waals surface area (Å²) in [7, 11) is -4.02. The van der Waals surface area contributed by atoms with Crippen LogP contribution in [-0.2, 0) is 34.1 Å². The van der Waals surface area contributed by atoms with Crippen molar-refractivity contribution in [2.45, 2.75) is 44.0 Å². The predicted molar refractivity (Wildman–Crippen MR) is 144 cm³/mol. The third-order valence-corrected chi connectivity index (χ3v) is 10.1. The molecule has 0 amide bonds. The van der Waals surface area contributed by atoms with Crippen molar-refractivity contribution in [2.24, 2.45) is 0 Å². The van der Waals surface area contributed by atoms with E-state index < -0.39 is 16.0 Å². The SMILES string of the molecule is CCOC(=O)c1c(NS(=O)(=O)c2ccc3c(c2)sc(=O)n3Cc2ccccc2Cl)sc2c1CCCC2. The molecule has 1 aliphatic carbocycles. The molecular formula is C25H23ClN2O5S3. The van der Waals surface area contributed by atoms with Gasteiger partial charge in [-0.1, -0.05) is 41.1 Å². The smallest absolute Gasteiger partial charge is 0.341 e. The minimum absolute atomic E-state index is 0.0160. The minimum atomic E-state index is -4.02. The van der Waals surface area contributed by atoms with E-state index >= 15 is 0 Å². The number of sulfonamides is 1. The van der Waals surface area contributed by atoms with Crippen molar-refractivity contribution in [1.29, 1.82) is 0 Å². The van der Waals surface area contributed by atoms with Gasteiger partial charge in [-0.05, 0) is 68.0 Å². The first-order valence-corrected chi connectivity index (χ1v) is 15.0. The van der Waals surface area contributed by atoms with Crippen LogP contribution in [-0.4, -0.2) is 25.6 Å². The molecule has 0 unspecified atom stereocenters. The van der Waals surface area contributed by atoms with Gasteiger partial charge in [0.25, 0.3) is 10.0 Å². The highest BCUT2D eigenvalue weighted by molar-refractivity contribution is 7.93. The van der Waals surface area contributed by atoms with E-state index in [4.69, 9.17) is 16.3 Å². The monoisotopic (exact) mass is 562 g/mol. The van der Waals surface area contributed by atoms with Gasteiger partial charge in [0.05, 0.1) is 33.8 Å². The lowest BCUT2D eigenvalue weighted by Crippen LogP contribution is -2.16. The molecule has 4 aromatic rings. The zero-order valence-corrected chi connectivity index (χ0v) is 22.6. The minimum Gasteiger partial charge on any atom is -0.462 e. The number of ether oxygens (including phenoxy) is 1. The average molecular weight is 563 g/mol. The van der Waals surface area contributed by atoms with Crippen LogP contribution in [0.15, 0.2) is 52.2 Å². The molecule has 188 valence electrons. The van der Waals surface area contributed by atoms with E-state index in [0.717, 1.165) is 53.0 Å². The second-order valence-corrected chi connectivity index (χ2v) is 12.6. The van der Waals surface area contributed by atoms with Crippen LogP contribution in [0.2, 0.25) is 5.02 Å². The number of anilines is 1. The molecule has 0 saturated carbocycles. The standard InChI is InChI=1S/C25H23ClN2O5S3/c1-2-33-24(29)22-17-8-4-6-10-20(17)34-23(22)27-36(31,32)16-11-12-19-21(13-16)35-25(30)28(19)14-15-7-3-5-9-18(15)26/h3,5,7,9,11-13,27H,2,4,6,8,10,14H2,1H3. The fraction of sp³-hybridized carbons (Fsp3) is 0.280. The van der Waals surface area contributed by atoms with Crippen molar-refractivity contribution in [2.75, 3.05) is 11.3 Å². The second kappa shape index (κ2) is 10.0. The number of hydrogen-bond acceptors (Lipinski definition) is 7. The summed E-state index contributed by atoms with van der Waals surface area (Å²) in [6.45, 7) is 2.21. The summed E-state index contributed by atoms with van der Waals surface area (Å²) in [5, 5.41) is 0.841. The van der Waals surface area contributed by atoms with Gasteiger partial charge in [-0.2, -0.15) is 0 Å². The summed E-state index contributed by atoms with van der Waals surface area (Å²) in [5.74, 6) is -0.514. The van der Waals surface area contributed by atoms with Gasteiger partial charge >= 0.3 is 10.8 Å². The molecule has 1 N–H and O–H groups in total. The Hall–Kier alpha value is -2.66. The van der Waals surface area contributed by atoms with E-state index in [1.807, 2.05) is 18.2 Å². The molecule has 7 nitrogen and oxygen atoms in total. The van der Waals surface area contributed by atoms with Crippen molar-refractivity contribution >= 4 is 65.5 Å². The fourth-order valence-corrected chi connectivity index (χ4v) is 8.21. The Morgan fingerprint density at radius 2 is 1.92 bits per heavy atom. The van der Waals surface area contributed by atoms with Gasteiger partial charge in [-0.3, -0.25) is 14.1 Å². The molecule has 0 bridgehead atoms. The van der Waals surface area contributed by atoms with Crippen LogP contribution < -0.4 is 9.60 Å². The lowest BCUT2D eigenvalue weighted by Gasteiger charge is -2.12. The highest BCUT2D eigenvalue weighted by Crippen LogP contribution is 2.39. The Bertz CT molecular complexity index is 1640. The number of rotatable bonds is 7. The van der Waals surface area contributed by atoms with E-state index in [-0.39, 0.29) is 27.9 Å². The number of halogens is 1. The Labute approximate surface area is 221 Å². The molecule has 0 fully saturated rings. The van der Waals surface area contributed by atoms with E-state index in [0.29, 0.717) is 20.8 Å². The number of benzene rings is 2. The molecule has 0 radical (unpaired) electrons. The first-order chi connectivity index (χ1) is 17.3. The third-order valence-electron chi connectivity index (χ3n) is 6.11. The van der Waals surface area contributed by atoms with Gasteiger partial charge in [-0.25, -0.2) is 13.2 Å². The largest absolute Gasteiger partial charge is 0.462 e. The number of nitrogens with zero attached hydrogens (tertiary/aromatic N) is 1. The normalized spacial score (nSPS) is 13.5. The Balaban J connectivity index is 1.50. The van der Waals surface area contributed by atoms with E-state index in [9.17, 15) is 18.0 Å². The molecule has 11 heteroatoms. The summed E-state index contributed by atoms with van der Waals surface area (Å²) in [5.41, 5.74) is 2.62. The van der Waals surface area contributed by atoms with Crippen molar-refractivity contribution in [1.82, 2.24) is 4.57 Å². The summed E-state index contributed by atoms with van der Waals surface area (Å²) in [4.78, 5) is 26.3. The number of thiophene rings is 1. The van der Waals surface area contributed by atoms with Crippen molar-refractivity contribution in [3.63, 3.8) is 0 Å². The molecule has 36 heavy (non-hydrogen) atoms. The number of carbonyl (C=O) groups excluding carboxylic acids is 1. The van der Waals surface area contributed by atoms with E-state index in [1.165, 1.54) is 23.5 Å². The number of esters is 1. The molecule has 5 rings (SSSR count). The first kappa shape index (κ1) is 25.0. The summed E-state index contributed by atoms with van der Waals surface area (Å²) in [6.07, 6.45) is 3.49. The molecule has 0 saturated heterocycles. The maximum atomic E-state index is 13.4. The number of thiazole rings is 1. The van der Waals surface area contributed by atoms with Crippen LogP contribution in [0.25, 0.3) is 10.2 Å². The highest BCUT2D eigenvalue weighted by Gasteiger charge is 2.29. The van der Waals surface area contributed by atoms with Gasteiger partial charge in [0.2, 0.25) is 0 Å². The number of aryl methyl sites for hydroxylation is 1. The Morgan fingerprint density at radius 3 is 2.69 bits per heavy atom. The van der Waals surface area contributed by atoms with E-state index in [1.54, 1.807) is 23.6 Å². The van der Waals surface area contributed by atoms with Crippen LogP contribution in [0.1, 0.15) is 46.1 Å². The number of aromatic nitrogens is 1. The third kappa shape index (κ3) is 4.70. The fourth-order valence-electron chi connectivity index (χ4n) is 4.40. The summed E-state index contributed by atoms with van der Waals surface area (Å²) < 4.78 is 36.7. The predicted octanol–water partition coefficient (Wildman–Crippen LogP) is 5.68. The lowest BCUT2D eigenvalue weighted by molar-refractivity contribution is 0.0526. The zero-order valence-electron chi connectivity index (χ0n) is 19.4. The molecule has 0 spiro atoms. The van der Waals surface area contributed by atoms with Gasteiger partial charge in [-0.15, -0.1) is 11.3 Å². The molecule has 0 atom stereocenters. The van der Waals surface area contributed by atoms with Crippen LogP contribution in [0.3, 0.4) is 0 Å². The van der Waals surface area contributed by atoms with Crippen LogP contribution in [0, 0.1) is 0 Å². The molecule has 2 aromatic carbocycles. The van der Waals surface area contributed by atoms with E-state index in [2.05, 4.69) is 4.72 Å². The first-order valence-electron chi connectivity index (χ1n) is 11.5. The van der Waals surface area contributed by atoms with Gasteiger partial charge < -0.3 is 4.74 Å². The Morgan fingerprint density at radius 1 is 1.14 bits per heavy atom. The number of nitrogens with one attached hydrogen (secondary N) is 1. The van der Waals surface area contributed by atoms with Gasteiger partial charge in [0.1, 0.15) is 5.00 Å². The number of hydrogen-bond donors (Lipinski definition) is 1. The van der Waals surface area contributed by atoms with Crippen molar-refractivity contribution < 1.29 is 17.9 Å². The number of carbonyl (C=O) groups is 1. The van der Waals surface area contributed by atoms with Crippen molar-refractivity contribution in [3.05, 3.63) is 78.7 Å². The quantitative estimate of drug-likeness (QED) is 0.292. The van der Waals surface area contributed by atoms with Crippen LogP contribution in [0.4, 0.5) is 5.00 Å².